The molecule has 22 heavy (non-hydrogen) atoms. The van der Waals surface area contributed by atoms with Crippen molar-refractivity contribution in [3.05, 3.63) is 58.5 Å². The van der Waals surface area contributed by atoms with Crippen molar-refractivity contribution in [1.82, 2.24) is 0 Å². The lowest BCUT2D eigenvalue weighted by atomic mass is 10.2. The second kappa shape index (κ2) is 5.97. The molecule has 0 saturated carbocycles. The van der Waals surface area contributed by atoms with Gasteiger partial charge in [0.15, 0.2) is 0 Å². The molecule has 1 aliphatic rings. The minimum atomic E-state index is -0.394. The third kappa shape index (κ3) is 2.69. The molecule has 3 rings (SSSR count). The van der Waals surface area contributed by atoms with Crippen molar-refractivity contribution in [2.75, 3.05) is 36.0 Å². The van der Waals surface area contributed by atoms with E-state index in [0.29, 0.717) is 37.7 Å². The minimum Gasteiger partial charge on any atom is -0.361 e. The predicted octanol–water partition coefficient (Wildman–Crippen LogP) is 1.87. The van der Waals surface area contributed by atoms with Crippen molar-refractivity contribution in [1.29, 1.82) is 0 Å². The first-order valence-corrected chi connectivity index (χ1v) is 7.06. The van der Waals surface area contributed by atoms with E-state index >= 15 is 0 Å². The van der Waals surface area contributed by atoms with Crippen LogP contribution in [0.25, 0.3) is 0 Å². The molecule has 0 unspecified atom stereocenters. The van der Waals surface area contributed by atoms with Crippen molar-refractivity contribution in [2.24, 2.45) is 0 Å². The highest BCUT2D eigenvalue weighted by atomic mass is 19.1. The Bertz CT molecular complexity index is 687. The van der Waals surface area contributed by atoms with Gasteiger partial charge in [-0.2, -0.15) is 0 Å². The third-order valence-electron chi connectivity index (χ3n) is 3.80. The number of anilines is 2. The largest absolute Gasteiger partial charge is 0.361 e. The minimum absolute atomic E-state index is 0.0573. The molecule has 1 aromatic heterocycles. The normalized spacial score (nSPS) is 15.0. The first kappa shape index (κ1) is 14.2. The van der Waals surface area contributed by atoms with Gasteiger partial charge in [0, 0.05) is 6.07 Å². The lowest BCUT2D eigenvalue weighted by molar-refractivity contribution is -0.411. The van der Waals surface area contributed by atoms with E-state index in [9.17, 15) is 14.5 Å². The maximum absolute atomic E-state index is 13.8. The molecule has 0 bridgehead atoms. The molecule has 2 heterocycles. The van der Waals surface area contributed by atoms with Gasteiger partial charge in [0.05, 0.1) is 29.9 Å². The van der Waals surface area contributed by atoms with Gasteiger partial charge in [-0.05, 0) is 18.2 Å². The number of nitrogens with zero attached hydrogens (tertiary/aromatic N) is 3. The van der Waals surface area contributed by atoms with E-state index in [1.165, 1.54) is 12.1 Å². The van der Waals surface area contributed by atoms with Gasteiger partial charge in [-0.1, -0.05) is 12.1 Å². The summed E-state index contributed by atoms with van der Waals surface area (Å²) in [5.41, 5.74) is 0.635. The van der Waals surface area contributed by atoms with E-state index in [-0.39, 0.29) is 11.5 Å². The van der Waals surface area contributed by atoms with Crippen molar-refractivity contribution in [2.45, 2.75) is 0 Å². The van der Waals surface area contributed by atoms with E-state index in [1.54, 1.807) is 30.5 Å². The maximum Gasteiger partial charge on any atom is 0.357 e. The van der Waals surface area contributed by atoms with Crippen molar-refractivity contribution in [3.63, 3.8) is 0 Å². The number of para-hydroxylation sites is 1. The van der Waals surface area contributed by atoms with Gasteiger partial charge < -0.3 is 4.90 Å². The molecule has 0 atom stereocenters. The van der Waals surface area contributed by atoms with Gasteiger partial charge in [0.25, 0.3) is 0 Å². The molecule has 0 amide bonds. The summed E-state index contributed by atoms with van der Waals surface area (Å²) in [5.74, 6) is 0.258. The summed E-state index contributed by atoms with van der Waals surface area (Å²) in [6.07, 6.45) is 1.67. The quantitative estimate of drug-likeness (QED) is 0.641. The molecule has 7 heteroatoms. The highest BCUT2D eigenvalue weighted by Crippen LogP contribution is 2.25. The van der Waals surface area contributed by atoms with E-state index in [2.05, 4.69) is 4.98 Å². The van der Waals surface area contributed by atoms with Crippen molar-refractivity contribution >= 4 is 17.2 Å². The lowest BCUT2D eigenvalue weighted by Crippen LogP contribution is -2.48. The number of hydrogen-bond acceptors (Lipinski definition) is 4. The molecule has 1 fully saturated rings. The number of hydrogen-bond donors (Lipinski definition) is 0. The summed E-state index contributed by atoms with van der Waals surface area (Å²) >= 11 is 0. The zero-order valence-electron chi connectivity index (χ0n) is 11.9. The van der Waals surface area contributed by atoms with E-state index in [1.807, 2.05) is 9.80 Å². The number of aromatic amines is 1. The van der Waals surface area contributed by atoms with Crippen LogP contribution in [0.4, 0.5) is 21.6 Å². The van der Waals surface area contributed by atoms with Gasteiger partial charge in [-0.3, -0.25) is 15.0 Å². The number of benzene rings is 1. The number of pyridine rings is 1. The van der Waals surface area contributed by atoms with Crippen LogP contribution >= 0.6 is 0 Å². The molecular weight excluding hydrogens is 287 g/mol. The fourth-order valence-corrected chi connectivity index (χ4v) is 2.70. The number of halogens is 1. The molecule has 0 radical (unpaired) electrons. The fraction of sp³-hybridized carbons (Fsp3) is 0.267. The Morgan fingerprint density at radius 2 is 1.73 bits per heavy atom. The molecule has 1 saturated heterocycles. The zero-order valence-corrected chi connectivity index (χ0v) is 11.9. The summed E-state index contributed by atoms with van der Waals surface area (Å²) in [7, 11) is 0. The Labute approximate surface area is 127 Å². The maximum atomic E-state index is 13.8. The molecular formula is C15H16FN4O2+. The van der Waals surface area contributed by atoms with Crippen LogP contribution in [-0.4, -0.2) is 31.1 Å². The van der Waals surface area contributed by atoms with Crippen LogP contribution in [0.3, 0.4) is 0 Å². The van der Waals surface area contributed by atoms with Crippen LogP contribution in [0.15, 0.2) is 42.6 Å². The molecule has 0 spiro atoms. The number of nitrogens with one attached hydrogen (secondary N) is 1. The Hall–Kier alpha value is -2.70. The summed E-state index contributed by atoms with van der Waals surface area (Å²) in [4.78, 5) is 17.5. The number of aromatic nitrogens is 1. The average molecular weight is 303 g/mol. The van der Waals surface area contributed by atoms with Gasteiger partial charge in [-0.15, -0.1) is 0 Å². The molecule has 6 nitrogen and oxygen atoms in total. The zero-order chi connectivity index (χ0) is 15.5. The first-order chi connectivity index (χ1) is 10.7. The second-order valence-electron chi connectivity index (χ2n) is 5.09. The Balaban J connectivity index is 1.75. The predicted molar refractivity (Wildman–Crippen MR) is 80.5 cm³/mol. The Morgan fingerprint density at radius 3 is 2.41 bits per heavy atom. The van der Waals surface area contributed by atoms with Crippen LogP contribution < -0.4 is 14.8 Å². The first-order valence-electron chi connectivity index (χ1n) is 7.06. The van der Waals surface area contributed by atoms with Gasteiger partial charge >= 0.3 is 11.5 Å². The van der Waals surface area contributed by atoms with Crippen LogP contribution in [0.5, 0.6) is 0 Å². The van der Waals surface area contributed by atoms with Crippen LogP contribution in [-0.2, 0) is 0 Å². The molecule has 0 aliphatic carbocycles. The van der Waals surface area contributed by atoms with Gasteiger partial charge in [0.1, 0.15) is 18.9 Å². The van der Waals surface area contributed by atoms with Crippen LogP contribution in [0.2, 0.25) is 0 Å². The van der Waals surface area contributed by atoms with Gasteiger partial charge in [-0.25, -0.2) is 9.37 Å². The van der Waals surface area contributed by atoms with Crippen molar-refractivity contribution < 1.29 is 14.3 Å². The van der Waals surface area contributed by atoms with E-state index < -0.39 is 4.92 Å². The number of H-pyrrole nitrogens is 1. The standard InChI is InChI=1S/C15H15FN4O2/c16-12-4-1-2-5-13(12)18-8-10-19(11-9-18)15-14(20(21)22)6-3-7-17-15/h1-7H,8-11H2/p+1. The fourth-order valence-electron chi connectivity index (χ4n) is 2.70. The number of piperazine rings is 1. The molecule has 1 aromatic carbocycles. The number of rotatable bonds is 3. The Kier molecular flexibility index (Phi) is 3.86. The summed E-state index contributed by atoms with van der Waals surface area (Å²) < 4.78 is 13.8. The second-order valence-corrected chi connectivity index (χ2v) is 5.09. The van der Waals surface area contributed by atoms with E-state index in [0.717, 1.165) is 0 Å². The molecule has 2 aromatic rings. The Morgan fingerprint density at radius 1 is 1.05 bits per heavy atom. The highest BCUT2D eigenvalue weighted by molar-refractivity contribution is 5.55. The summed E-state index contributed by atoms with van der Waals surface area (Å²) in [5, 5.41) is 11.1. The summed E-state index contributed by atoms with van der Waals surface area (Å²) in [6.45, 7) is 2.41. The molecule has 1 aliphatic heterocycles. The van der Waals surface area contributed by atoms with Crippen LogP contribution in [0, 0.1) is 15.9 Å². The van der Waals surface area contributed by atoms with Crippen molar-refractivity contribution in [3.8, 4) is 0 Å². The topological polar surface area (TPSA) is 63.8 Å². The van der Waals surface area contributed by atoms with Crippen LogP contribution in [0.1, 0.15) is 0 Å². The average Bonchev–Trinajstić information content (AvgIpc) is 2.55. The molecule has 114 valence electrons. The SMILES string of the molecule is O=[N+]([O-])c1ccc[nH+]c1N1CCN(c2ccccc2F)CC1. The number of nitro groups is 1. The smallest absolute Gasteiger partial charge is 0.357 e. The molecule has 1 N–H and O–H groups in total. The van der Waals surface area contributed by atoms with Gasteiger partial charge in [0.2, 0.25) is 0 Å². The third-order valence-corrected chi connectivity index (χ3v) is 3.80. The monoisotopic (exact) mass is 303 g/mol. The van der Waals surface area contributed by atoms with E-state index in [4.69, 9.17) is 0 Å². The highest BCUT2D eigenvalue weighted by Gasteiger charge is 2.31. The summed E-state index contributed by atoms with van der Waals surface area (Å²) in [6, 6.07) is 9.75. The lowest BCUT2D eigenvalue weighted by Gasteiger charge is -2.32.